The summed E-state index contributed by atoms with van der Waals surface area (Å²) in [6.45, 7) is 3.71. The molecule has 0 fully saturated rings. The Kier molecular flexibility index (Phi) is 4.74. The zero-order valence-corrected chi connectivity index (χ0v) is 10.1. The molecule has 0 spiro atoms. The summed E-state index contributed by atoms with van der Waals surface area (Å²) in [6.07, 6.45) is 0.349. The van der Waals surface area contributed by atoms with Gasteiger partial charge in [0, 0.05) is 0 Å². The number of hydrogen-bond acceptors (Lipinski definition) is 2. The van der Waals surface area contributed by atoms with Crippen LogP contribution in [-0.2, 0) is 16.0 Å². The second-order valence-electron chi connectivity index (χ2n) is 3.51. The normalized spacial score (nSPS) is 12.2. The highest BCUT2D eigenvalue weighted by molar-refractivity contribution is 6.30. The molecule has 88 valence electrons. The number of rotatable bonds is 4. The molecule has 0 saturated carbocycles. The molecule has 0 aliphatic heterocycles. The van der Waals surface area contributed by atoms with E-state index in [4.69, 9.17) is 16.3 Å². The third-order valence-corrected chi connectivity index (χ3v) is 2.51. The van der Waals surface area contributed by atoms with Gasteiger partial charge in [-0.3, -0.25) is 4.79 Å². The maximum Gasteiger partial charge on any atom is 0.324 e. The lowest BCUT2D eigenvalue weighted by Gasteiger charge is -2.09. The van der Waals surface area contributed by atoms with Gasteiger partial charge in [-0.05, 0) is 37.5 Å². The van der Waals surface area contributed by atoms with Crippen LogP contribution in [0.5, 0.6) is 0 Å². The summed E-state index contributed by atoms with van der Waals surface area (Å²) in [7, 11) is 0. The van der Waals surface area contributed by atoms with Gasteiger partial charge in [-0.25, -0.2) is 4.39 Å². The Hall–Kier alpha value is -1.09. The lowest BCUT2D eigenvalue weighted by atomic mass is 10.1. The minimum absolute atomic E-state index is 0.258. The predicted molar refractivity (Wildman–Crippen MR) is 61.1 cm³/mol. The van der Waals surface area contributed by atoms with Crippen LogP contribution in [-0.4, -0.2) is 18.0 Å². The van der Waals surface area contributed by atoms with Gasteiger partial charge in [0.1, 0.15) is 11.2 Å². The maximum absolute atomic E-state index is 13.0. The molecule has 0 bridgehead atoms. The highest BCUT2D eigenvalue weighted by Gasteiger charge is 2.17. The summed E-state index contributed by atoms with van der Waals surface area (Å²) in [5.41, 5.74) is 1.37. The predicted octanol–water partition coefficient (Wildman–Crippen LogP) is 2.85. The molecule has 1 aromatic carbocycles. The standard InChI is InChI=1S/C12H14ClFO2/c1-3-16-12(15)10(13)7-9-4-5-11(14)8(2)6-9/h4-6,10H,3,7H2,1-2H3. The summed E-state index contributed by atoms with van der Waals surface area (Å²) in [5.74, 6) is -0.697. The summed E-state index contributed by atoms with van der Waals surface area (Å²) in [4.78, 5) is 11.3. The number of alkyl halides is 1. The molecule has 0 amide bonds. The summed E-state index contributed by atoms with van der Waals surface area (Å²) >= 11 is 5.87. The van der Waals surface area contributed by atoms with Crippen LogP contribution in [0.4, 0.5) is 4.39 Å². The van der Waals surface area contributed by atoms with E-state index in [-0.39, 0.29) is 5.82 Å². The summed E-state index contributed by atoms with van der Waals surface area (Å²) < 4.78 is 17.8. The van der Waals surface area contributed by atoms with Crippen LogP contribution in [0.3, 0.4) is 0 Å². The number of carbonyl (C=O) groups excluding carboxylic acids is 1. The van der Waals surface area contributed by atoms with Gasteiger partial charge >= 0.3 is 5.97 Å². The van der Waals surface area contributed by atoms with Crippen LogP contribution >= 0.6 is 11.6 Å². The van der Waals surface area contributed by atoms with Crippen LogP contribution in [0, 0.1) is 12.7 Å². The van der Waals surface area contributed by atoms with Crippen molar-refractivity contribution in [1.82, 2.24) is 0 Å². The Labute approximate surface area is 99.4 Å². The number of aryl methyl sites for hydroxylation is 1. The van der Waals surface area contributed by atoms with Gasteiger partial charge in [-0.2, -0.15) is 0 Å². The molecule has 1 unspecified atom stereocenters. The van der Waals surface area contributed by atoms with Crippen molar-refractivity contribution in [2.45, 2.75) is 25.6 Å². The number of carbonyl (C=O) groups is 1. The van der Waals surface area contributed by atoms with Gasteiger partial charge in [-0.15, -0.1) is 11.6 Å². The number of halogens is 2. The Bertz CT molecular complexity index is 379. The maximum atomic E-state index is 13.0. The molecule has 2 nitrogen and oxygen atoms in total. The lowest BCUT2D eigenvalue weighted by Crippen LogP contribution is -2.20. The first kappa shape index (κ1) is 13.0. The van der Waals surface area contributed by atoms with Crippen LogP contribution in [0.1, 0.15) is 18.1 Å². The molecule has 0 radical (unpaired) electrons. The fourth-order valence-electron chi connectivity index (χ4n) is 1.36. The minimum atomic E-state index is -0.718. The van der Waals surface area contributed by atoms with E-state index in [9.17, 15) is 9.18 Å². The van der Waals surface area contributed by atoms with Crippen molar-refractivity contribution >= 4 is 17.6 Å². The monoisotopic (exact) mass is 244 g/mol. The molecule has 1 atom stereocenters. The highest BCUT2D eigenvalue weighted by Crippen LogP contribution is 2.14. The van der Waals surface area contributed by atoms with Crippen LogP contribution < -0.4 is 0 Å². The molecule has 0 saturated heterocycles. The molecule has 0 N–H and O–H groups in total. The van der Waals surface area contributed by atoms with Crippen LogP contribution in [0.15, 0.2) is 18.2 Å². The fourth-order valence-corrected chi connectivity index (χ4v) is 1.60. The van der Waals surface area contributed by atoms with Crippen molar-refractivity contribution in [3.8, 4) is 0 Å². The third-order valence-electron chi connectivity index (χ3n) is 2.18. The van der Waals surface area contributed by atoms with Crippen molar-refractivity contribution < 1.29 is 13.9 Å². The zero-order chi connectivity index (χ0) is 12.1. The number of ether oxygens (including phenoxy) is 1. The van der Waals surface area contributed by atoms with Gasteiger partial charge in [0.15, 0.2) is 0 Å². The van der Waals surface area contributed by atoms with E-state index in [0.717, 1.165) is 5.56 Å². The number of benzene rings is 1. The molecule has 0 aromatic heterocycles. The molecule has 16 heavy (non-hydrogen) atoms. The summed E-state index contributed by atoms with van der Waals surface area (Å²) in [6, 6.07) is 4.68. The zero-order valence-electron chi connectivity index (χ0n) is 9.30. The third kappa shape index (κ3) is 3.49. The average molecular weight is 245 g/mol. The molecular formula is C12H14ClFO2. The first-order valence-electron chi connectivity index (χ1n) is 5.10. The first-order chi connectivity index (χ1) is 7.54. The second kappa shape index (κ2) is 5.85. The average Bonchev–Trinajstić information content (AvgIpc) is 2.24. The van der Waals surface area contributed by atoms with Crippen LogP contribution in [0.2, 0.25) is 0 Å². The molecule has 0 heterocycles. The molecule has 0 aliphatic rings. The minimum Gasteiger partial charge on any atom is -0.465 e. The Morgan fingerprint density at radius 3 is 2.81 bits per heavy atom. The van der Waals surface area contributed by atoms with Gasteiger partial charge in [0.05, 0.1) is 6.61 Å². The largest absolute Gasteiger partial charge is 0.465 e. The van der Waals surface area contributed by atoms with Crippen molar-refractivity contribution in [2.75, 3.05) is 6.61 Å². The van der Waals surface area contributed by atoms with Crippen molar-refractivity contribution in [2.24, 2.45) is 0 Å². The van der Waals surface area contributed by atoms with E-state index in [1.165, 1.54) is 6.07 Å². The Morgan fingerprint density at radius 1 is 1.56 bits per heavy atom. The highest BCUT2D eigenvalue weighted by atomic mass is 35.5. The van der Waals surface area contributed by atoms with E-state index in [0.29, 0.717) is 18.6 Å². The number of esters is 1. The number of hydrogen-bond donors (Lipinski definition) is 0. The molecule has 4 heteroatoms. The van der Waals surface area contributed by atoms with Crippen molar-refractivity contribution in [3.63, 3.8) is 0 Å². The van der Waals surface area contributed by atoms with Gasteiger partial charge in [-0.1, -0.05) is 12.1 Å². The first-order valence-corrected chi connectivity index (χ1v) is 5.54. The smallest absolute Gasteiger partial charge is 0.324 e. The molecular weight excluding hydrogens is 231 g/mol. The summed E-state index contributed by atoms with van der Waals surface area (Å²) in [5, 5.41) is -0.718. The quantitative estimate of drug-likeness (QED) is 0.601. The van der Waals surface area contributed by atoms with Gasteiger partial charge in [0.2, 0.25) is 0 Å². The van der Waals surface area contributed by atoms with E-state index in [1.54, 1.807) is 26.0 Å². The van der Waals surface area contributed by atoms with E-state index >= 15 is 0 Å². The Balaban J connectivity index is 2.66. The molecule has 1 aromatic rings. The van der Waals surface area contributed by atoms with Crippen molar-refractivity contribution in [1.29, 1.82) is 0 Å². The van der Waals surface area contributed by atoms with Crippen molar-refractivity contribution in [3.05, 3.63) is 35.1 Å². The Morgan fingerprint density at radius 2 is 2.25 bits per heavy atom. The van der Waals surface area contributed by atoms with Gasteiger partial charge in [0.25, 0.3) is 0 Å². The van der Waals surface area contributed by atoms with Crippen LogP contribution in [0.25, 0.3) is 0 Å². The SMILES string of the molecule is CCOC(=O)C(Cl)Cc1ccc(F)c(C)c1. The van der Waals surface area contributed by atoms with Gasteiger partial charge < -0.3 is 4.74 Å². The molecule has 0 aliphatic carbocycles. The fraction of sp³-hybridized carbons (Fsp3) is 0.417. The van der Waals surface area contributed by atoms with E-state index < -0.39 is 11.3 Å². The molecule has 1 rings (SSSR count). The topological polar surface area (TPSA) is 26.3 Å². The second-order valence-corrected chi connectivity index (χ2v) is 4.03. The lowest BCUT2D eigenvalue weighted by molar-refractivity contribution is -0.142. The van der Waals surface area contributed by atoms with E-state index in [2.05, 4.69) is 0 Å². The van der Waals surface area contributed by atoms with E-state index in [1.807, 2.05) is 0 Å².